The molecule has 0 N–H and O–H groups in total. The zero-order valence-electron chi connectivity index (χ0n) is 11.5. The van der Waals surface area contributed by atoms with E-state index in [0.717, 1.165) is 19.4 Å². The molecule has 1 heterocycles. The second-order valence-electron chi connectivity index (χ2n) is 5.28. The molecule has 0 radical (unpaired) electrons. The Hall–Kier alpha value is -0.130. The molecule has 1 rings (SSSR count). The highest BCUT2D eigenvalue weighted by molar-refractivity contribution is 7.89. The van der Waals surface area contributed by atoms with Crippen molar-refractivity contribution < 1.29 is 8.42 Å². The van der Waals surface area contributed by atoms with E-state index in [1.165, 1.54) is 0 Å². The van der Waals surface area contributed by atoms with Crippen molar-refractivity contribution in [1.29, 1.82) is 0 Å². The summed E-state index contributed by atoms with van der Waals surface area (Å²) in [5.41, 5.74) is 0. The maximum absolute atomic E-state index is 11.7. The molecule has 1 aliphatic rings. The maximum atomic E-state index is 11.7. The van der Waals surface area contributed by atoms with Gasteiger partial charge in [0.05, 0.1) is 5.75 Å². The Labute approximate surface area is 106 Å². The second kappa shape index (κ2) is 6.16. The SMILES string of the molecule is CCS(=O)(=O)N1CCC(CN(C)C(C)C)CC1. The Morgan fingerprint density at radius 1 is 1.29 bits per heavy atom. The molecule has 0 aromatic rings. The summed E-state index contributed by atoms with van der Waals surface area (Å²) >= 11 is 0. The standard InChI is InChI=1S/C12H26N2O2S/c1-5-17(15,16)14-8-6-12(7-9-14)10-13(4)11(2)3/h11-12H,5-10H2,1-4H3. The van der Waals surface area contributed by atoms with E-state index in [9.17, 15) is 8.42 Å². The van der Waals surface area contributed by atoms with Gasteiger partial charge in [-0.1, -0.05) is 0 Å². The van der Waals surface area contributed by atoms with E-state index in [-0.39, 0.29) is 5.75 Å². The van der Waals surface area contributed by atoms with Gasteiger partial charge in [0.15, 0.2) is 0 Å². The zero-order chi connectivity index (χ0) is 13.1. The van der Waals surface area contributed by atoms with Gasteiger partial charge in [0.25, 0.3) is 0 Å². The first kappa shape index (κ1) is 14.9. The minimum Gasteiger partial charge on any atom is -0.304 e. The van der Waals surface area contributed by atoms with Crippen molar-refractivity contribution in [3.05, 3.63) is 0 Å². The monoisotopic (exact) mass is 262 g/mol. The molecule has 4 nitrogen and oxygen atoms in total. The van der Waals surface area contributed by atoms with Crippen LogP contribution in [0.4, 0.5) is 0 Å². The fourth-order valence-electron chi connectivity index (χ4n) is 2.17. The third-order valence-electron chi connectivity index (χ3n) is 3.76. The molecule has 102 valence electrons. The molecule has 0 aromatic heterocycles. The van der Waals surface area contributed by atoms with Crippen LogP contribution < -0.4 is 0 Å². The van der Waals surface area contributed by atoms with E-state index in [1.807, 2.05) is 0 Å². The van der Waals surface area contributed by atoms with Crippen LogP contribution in [0.25, 0.3) is 0 Å². The van der Waals surface area contributed by atoms with Crippen molar-refractivity contribution in [3.63, 3.8) is 0 Å². The lowest BCUT2D eigenvalue weighted by Crippen LogP contribution is -2.42. The van der Waals surface area contributed by atoms with Gasteiger partial charge in [0.2, 0.25) is 10.0 Å². The molecule has 5 heteroatoms. The fourth-order valence-corrected chi connectivity index (χ4v) is 3.30. The third-order valence-corrected chi connectivity index (χ3v) is 5.64. The Bertz CT molecular complexity index is 319. The largest absolute Gasteiger partial charge is 0.304 e. The first-order chi connectivity index (χ1) is 7.86. The van der Waals surface area contributed by atoms with Crippen LogP contribution in [0.5, 0.6) is 0 Å². The number of rotatable bonds is 5. The quantitative estimate of drug-likeness (QED) is 0.752. The lowest BCUT2D eigenvalue weighted by molar-refractivity contribution is 0.182. The Morgan fingerprint density at radius 2 is 1.82 bits per heavy atom. The topological polar surface area (TPSA) is 40.6 Å². The molecule has 1 fully saturated rings. The summed E-state index contributed by atoms with van der Waals surface area (Å²) in [4.78, 5) is 2.34. The molecule has 17 heavy (non-hydrogen) atoms. The van der Waals surface area contributed by atoms with E-state index in [2.05, 4.69) is 25.8 Å². The summed E-state index contributed by atoms with van der Waals surface area (Å²) in [5.74, 6) is 0.870. The molecule has 0 aliphatic carbocycles. The van der Waals surface area contributed by atoms with Crippen LogP contribution in [-0.4, -0.2) is 56.1 Å². The van der Waals surface area contributed by atoms with Crippen molar-refractivity contribution in [2.45, 2.75) is 39.7 Å². The lowest BCUT2D eigenvalue weighted by Gasteiger charge is -2.34. The number of hydrogen-bond donors (Lipinski definition) is 0. The molecule has 0 aromatic carbocycles. The molecular weight excluding hydrogens is 236 g/mol. The van der Waals surface area contributed by atoms with E-state index in [0.29, 0.717) is 25.0 Å². The number of sulfonamides is 1. The summed E-state index contributed by atoms with van der Waals surface area (Å²) in [6.07, 6.45) is 1.99. The Balaban J connectivity index is 2.41. The van der Waals surface area contributed by atoms with Gasteiger partial charge >= 0.3 is 0 Å². The molecule has 0 saturated carbocycles. The fraction of sp³-hybridized carbons (Fsp3) is 1.00. The molecule has 0 unspecified atom stereocenters. The summed E-state index contributed by atoms with van der Waals surface area (Å²) in [5, 5.41) is 0. The zero-order valence-corrected chi connectivity index (χ0v) is 12.3. The van der Waals surface area contributed by atoms with Crippen molar-refractivity contribution in [2.24, 2.45) is 5.92 Å². The van der Waals surface area contributed by atoms with Crippen LogP contribution in [0, 0.1) is 5.92 Å². The van der Waals surface area contributed by atoms with Crippen molar-refractivity contribution in [1.82, 2.24) is 9.21 Å². The number of hydrogen-bond acceptors (Lipinski definition) is 3. The van der Waals surface area contributed by atoms with Gasteiger partial charge in [0, 0.05) is 25.7 Å². The maximum Gasteiger partial charge on any atom is 0.213 e. The predicted octanol–water partition coefficient (Wildman–Crippen LogP) is 1.39. The number of piperidine rings is 1. The summed E-state index contributed by atoms with van der Waals surface area (Å²) in [6, 6.07) is 0.562. The first-order valence-electron chi connectivity index (χ1n) is 6.55. The normalized spacial score (nSPS) is 20.4. The van der Waals surface area contributed by atoms with Gasteiger partial charge < -0.3 is 4.90 Å². The average molecular weight is 262 g/mol. The van der Waals surface area contributed by atoms with E-state index >= 15 is 0 Å². The first-order valence-corrected chi connectivity index (χ1v) is 8.15. The van der Waals surface area contributed by atoms with Crippen LogP contribution in [0.15, 0.2) is 0 Å². The molecule has 0 atom stereocenters. The van der Waals surface area contributed by atoms with Crippen LogP contribution in [0.2, 0.25) is 0 Å². The second-order valence-corrected chi connectivity index (χ2v) is 7.53. The van der Waals surface area contributed by atoms with Crippen molar-refractivity contribution in [2.75, 3.05) is 32.4 Å². The van der Waals surface area contributed by atoms with Crippen molar-refractivity contribution >= 4 is 10.0 Å². The smallest absolute Gasteiger partial charge is 0.213 e. The van der Waals surface area contributed by atoms with Gasteiger partial charge in [-0.25, -0.2) is 12.7 Å². The van der Waals surface area contributed by atoms with Crippen molar-refractivity contribution in [3.8, 4) is 0 Å². The molecule has 0 bridgehead atoms. The predicted molar refractivity (Wildman–Crippen MR) is 71.5 cm³/mol. The third kappa shape index (κ3) is 4.23. The van der Waals surface area contributed by atoms with E-state index in [4.69, 9.17) is 0 Å². The highest BCUT2D eigenvalue weighted by Gasteiger charge is 2.27. The van der Waals surface area contributed by atoms with Crippen LogP contribution in [0.1, 0.15) is 33.6 Å². The van der Waals surface area contributed by atoms with Gasteiger partial charge in [-0.05, 0) is 46.6 Å². The highest BCUT2D eigenvalue weighted by atomic mass is 32.2. The van der Waals surface area contributed by atoms with Gasteiger partial charge in [0.1, 0.15) is 0 Å². The van der Waals surface area contributed by atoms with Gasteiger partial charge in [-0.15, -0.1) is 0 Å². The van der Waals surface area contributed by atoms with Gasteiger partial charge in [-0.2, -0.15) is 0 Å². The highest BCUT2D eigenvalue weighted by Crippen LogP contribution is 2.21. The molecule has 0 amide bonds. The van der Waals surface area contributed by atoms with E-state index in [1.54, 1.807) is 11.2 Å². The summed E-state index contributed by atoms with van der Waals surface area (Å²) in [6.45, 7) is 8.58. The van der Waals surface area contributed by atoms with Crippen LogP contribution in [0.3, 0.4) is 0 Å². The average Bonchev–Trinajstić information content (AvgIpc) is 2.29. The molecule has 1 aliphatic heterocycles. The molecular formula is C12H26N2O2S. The summed E-state index contributed by atoms with van der Waals surface area (Å²) in [7, 11) is -0.831. The Morgan fingerprint density at radius 3 is 2.24 bits per heavy atom. The minimum absolute atomic E-state index is 0.226. The lowest BCUT2D eigenvalue weighted by atomic mass is 9.97. The summed E-state index contributed by atoms with van der Waals surface area (Å²) < 4.78 is 25.1. The molecule has 0 spiro atoms. The number of nitrogens with zero attached hydrogens (tertiary/aromatic N) is 2. The van der Waals surface area contributed by atoms with Gasteiger partial charge in [-0.3, -0.25) is 0 Å². The van der Waals surface area contributed by atoms with E-state index < -0.39 is 10.0 Å². The minimum atomic E-state index is -2.97. The Kier molecular flexibility index (Phi) is 5.41. The molecule has 1 saturated heterocycles. The van der Waals surface area contributed by atoms with Crippen LogP contribution in [-0.2, 0) is 10.0 Å². The van der Waals surface area contributed by atoms with Crippen LogP contribution >= 0.6 is 0 Å².